The van der Waals surface area contributed by atoms with E-state index in [-0.39, 0.29) is 17.9 Å². The Hall–Kier alpha value is -3.94. The van der Waals surface area contributed by atoms with E-state index in [4.69, 9.17) is 21.1 Å². The Kier molecular flexibility index (Phi) is 7.86. The second kappa shape index (κ2) is 11.6. The van der Waals surface area contributed by atoms with Crippen molar-refractivity contribution in [3.8, 4) is 5.75 Å². The lowest BCUT2D eigenvalue weighted by atomic mass is 10.1. The van der Waals surface area contributed by atoms with Gasteiger partial charge in [0, 0.05) is 27.7 Å². The molecule has 3 aromatic carbocycles. The first-order valence-electron chi connectivity index (χ1n) is 12.1. The molecule has 192 valence electrons. The Morgan fingerprint density at radius 2 is 1.79 bits per heavy atom. The summed E-state index contributed by atoms with van der Waals surface area (Å²) in [4.78, 5) is 17.9. The minimum atomic E-state index is -0.617. The zero-order valence-corrected chi connectivity index (χ0v) is 22.2. The van der Waals surface area contributed by atoms with Crippen molar-refractivity contribution < 1.29 is 19.4 Å². The average molecular weight is 545 g/mol. The lowest BCUT2D eigenvalue weighted by Gasteiger charge is -2.08. The van der Waals surface area contributed by atoms with Crippen molar-refractivity contribution in [1.82, 2.24) is 4.57 Å². The number of halogens is 1. The smallest absolute Gasteiger partial charge is 0.344 e. The highest BCUT2D eigenvalue weighted by Gasteiger charge is 2.33. The third kappa shape index (κ3) is 5.64. The number of nitrogens with zero attached hydrogens (tertiary/aromatic N) is 2. The minimum Gasteiger partial charge on any atom is -0.506 e. The maximum atomic E-state index is 12.8. The van der Waals surface area contributed by atoms with Gasteiger partial charge in [0.05, 0.1) is 23.7 Å². The van der Waals surface area contributed by atoms with E-state index < -0.39 is 5.97 Å². The molecule has 6 nitrogen and oxygen atoms in total. The Labute approximate surface area is 229 Å². The Morgan fingerprint density at radius 1 is 1.05 bits per heavy atom. The third-order valence-corrected chi connectivity index (χ3v) is 7.15. The summed E-state index contributed by atoms with van der Waals surface area (Å²) >= 11 is 7.23. The van der Waals surface area contributed by atoms with Crippen molar-refractivity contribution in [2.75, 3.05) is 13.2 Å². The number of fused-ring (bicyclic) bond motifs is 1. The van der Waals surface area contributed by atoms with Crippen LogP contribution in [0.4, 0.5) is 5.69 Å². The number of para-hydroxylation sites is 2. The monoisotopic (exact) mass is 544 g/mol. The van der Waals surface area contributed by atoms with Gasteiger partial charge in [-0.25, -0.2) is 9.79 Å². The number of hydrogen-bond acceptors (Lipinski definition) is 6. The molecule has 5 rings (SSSR count). The number of hydrogen-bond donors (Lipinski definition) is 1. The molecule has 4 aromatic rings. The molecule has 0 atom stereocenters. The Morgan fingerprint density at radius 3 is 2.55 bits per heavy atom. The molecule has 1 aromatic heterocycles. The van der Waals surface area contributed by atoms with Crippen LogP contribution in [0.5, 0.6) is 5.75 Å². The number of aliphatic hydroxyl groups is 1. The number of aliphatic imine (C=N–C) groups is 1. The SMILES string of the molecule is CCOC(=O)C1=C(O)/C(=C/c2cn(CCOc3ccccc3)c3ccccc23)SC1=Nc1ccc(Cl)cc1. The van der Waals surface area contributed by atoms with Crippen LogP contribution in [0.3, 0.4) is 0 Å². The summed E-state index contributed by atoms with van der Waals surface area (Å²) in [6, 6.07) is 24.7. The maximum Gasteiger partial charge on any atom is 0.344 e. The predicted molar refractivity (Wildman–Crippen MR) is 154 cm³/mol. The molecule has 8 heteroatoms. The Balaban J connectivity index is 1.48. The van der Waals surface area contributed by atoms with Gasteiger partial charge in [-0.1, -0.05) is 59.8 Å². The number of carbonyl (C=O) groups is 1. The molecular formula is C30H25ClN2O4S. The summed E-state index contributed by atoms with van der Waals surface area (Å²) in [6.07, 6.45) is 3.90. The van der Waals surface area contributed by atoms with Gasteiger partial charge in [-0.3, -0.25) is 0 Å². The number of rotatable bonds is 8. The van der Waals surface area contributed by atoms with Crippen molar-refractivity contribution >= 4 is 57.0 Å². The number of benzene rings is 3. The van der Waals surface area contributed by atoms with Crippen LogP contribution in [0, 0.1) is 0 Å². The molecule has 1 aliphatic heterocycles. The lowest BCUT2D eigenvalue weighted by Crippen LogP contribution is -2.12. The maximum absolute atomic E-state index is 12.8. The van der Waals surface area contributed by atoms with Crippen LogP contribution >= 0.6 is 23.4 Å². The highest BCUT2D eigenvalue weighted by Crippen LogP contribution is 2.41. The van der Waals surface area contributed by atoms with E-state index in [1.165, 1.54) is 11.8 Å². The molecule has 1 aliphatic rings. The fraction of sp³-hybridized carbons (Fsp3) is 0.133. The van der Waals surface area contributed by atoms with E-state index in [2.05, 4.69) is 15.6 Å². The summed E-state index contributed by atoms with van der Waals surface area (Å²) in [6.45, 7) is 3.06. The van der Waals surface area contributed by atoms with Gasteiger partial charge in [-0.15, -0.1) is 0 Å². The fourth-order valence-electron chi connectivity index (χ4n) is 4.12. The fourth-order valence-corrected chi connectivity index (χ4v) is 5.27. The molecule has 0 fully saturated rings. The molecule has 0 saturated carbocycles. The van der Waals surface area contributed by atoms with E-state index in [1.807, 2.05) is 60.8 Å². The molecule has 2 heterocycles. The van der Waals surface area contributed by atoms with Gasteiger partial charge in [-0.05, 0) is 55.5 Å². The van der Waals surface area contributed by atoms with Crippen molar-refractivity contribution in [3.63, 3.8) is 0 Å². The Bertz CT molecular complexity index is 1560. The first kappa shape index (κ1) is 25.7. The normalized spacial score (nSPS) is 15.5. The third-order valence-electron chi connectivity index (χ3n) is 5.88. The second-order valence-corrected chi connectivity index (χ2v) is 9.87. The van der Waals surface area contributed by atoms with Crippen molar-refractivity contribution in [2.24, 2.45) is 4.99 Å². The van der Waals surface area contributed by atoms with Crippen LogP contribution in [0.25, 0.3) is 17.0 Å². The number of aliphatic hydroxyl groups excluding tert-OH is 1. The molecule has 1 N–H and O–H groups in total. The van der Waals surface area contributed by atoms with Gasteiger partial charge >= 0.3 is 5.97 Å². The van der Waals surface area contributed by atoms with Gasteiger partial charge < -0.3 is 19.1 Å². The highest BCUT2D eigenvalue weighted by molar-refractivity contribution is 8.18. The quantitative estimate of drug-likeness (QED) is 0.232. The summed E-state index contributed by atoms with van der Waals surface area (Å²) in [5, 5.41) is 13.1. The van der Waals surface area contributed by atoms with E-state index in [0.29, 0.717) is 33.8 Å². The minimum absolute atomic E-state index is 0.0537. The van der Waals surface area contributed by atoms with Crippen LogP contribution in [-0.4, -0.2) is 33.9 Å². The molecule has 0 aliphatic carbocycles. The van der Waals surface area contributed by atoms with Crippen LogP contribution in [0.2, 0.25) is 5.02 Å². The van der Waals surface area contributed by atoms with E-state index >= 15 is 0 Å². The number of esters is 1. The molecule has 0 radical (unpaired) electrons. The van der Waals surface area contributed by atoms with Crippen molar-refractivity contribution in [1.29, 1.82) is 0 Å². The number of carbonyl (C=O) groups excluding carboxylic acids is 1. The summed E-state index contributed by atoms with van der Waals surface area (Å²) < 4.78 is 13.2. The molecule has 0 bridgehead atoms. The van der Waals surface area contributed by atoms with Crippen molar-refractivity contribution in [2.45, 2.75) is 13.5 Å². The summed E-state index contributed by atoms with van der Waals surface area (Å²) in [7, 11) is 0. The van der Waals surface area contributed by atoms with Gasteiger partial charge in [0.25, 0.3) is 0 Å². The zero-order chi connectivity index (χ0) is 26.5. The van der Waals surface area contributed by atoms with Crippen molar-refractivity contribution in [3.05, 3.63) is 112 Å². The second-order valence-electron chi connectivity index (χ2n) is 8.40. The van der Waals surface area contributed by atoms with E-state index in [0.717, 1.165) is 22.2 Å². The van der Waals surface area contributed by atoms with E-state index in [9.17, 15) is 9.90 Å². The number of aromatic nitrogens is 1. The van der Waals surface area contributed by atoms with Crippen LogP contribution in [0.1, 0.15) is 12.5 Å². The molecule has 0 spiro atoms. The molecule has 0 unspecified atom stereocenters. The summed E-state index contributed by atoms with van der Waals surface area (Å²) in [5.74, 6) is 0.0576. The van der Waals surface area contributed by atoms with Crippen LogP contribution in [0.15, 0.2) is 106 Å². The first-order valence-corrected chi connectivity index (χ1v) is 13.3. The topological polar surface area (TPSA) is 73.0 Å². The molecular weight excluding hydrogens is 520 g/mol. The van der Waals surface area contributed by atoms with Crippen LogP contribution in [-0.2, 0) is 16.1 Å². The van der Waals surface area contributed by atoms with E-state index in [1.54, 1.807) is 31.2 Å². The first-order chi connectivity index (χ1) is 18.5. The summed E-state index contributed by atoms with van der Waals surface area (Å²) in [5.41, 5.74) is 2.62. The standard InChI is InChI=1S/C30H25ClN2O4S/c1-2-36-30(35)27-28(34)26(38-29(27)32-22-14-12-21(31)13-15-22)18-20-19-33(25-11-7-6-10-24(20)25)16-17-37-23-8-4-3-5-9-23/h3-15,18-19,34H,2,16-17H2,1H3/b26-18-,32-29?. The molecule has 0 saturated heterocycles. The average Bonchev–Trinajstić information content (AvgIpc) is 3.43. The highest BCUT2D eigenvalue weighted by atomic mass is 35.5. The number of ether oxygens (including phenoxy) is 2. The van der Waals surface area contributed by atoms with Crippen LogP contribution < -0.4 is 4.74 Å². The largest absolute Gasteiger partial charge is 0.506 e. The molecule has 38 heavy (non-hydrogen) atoms. The number of thioether (sulfide) groups is 1. The zero-order valence-electron chi connectivity index (χ0n) is 20.6. The lowest BCUT2D eigenvalue weighted by molar-refractivity contribution is -0.138. The predicted octanol–water partition coefficient (Wildman–Crippen LogP) is 7.57. The van der Waals surface area contributed by atoms with Gasteiger partial charge in [0.1, 0.15) is 28.7 Å². The van der Waals surface area contributed by atoms with Gasteiger partial charge in [-0.2, -0.15) is 0 Å². The van der Waals surface area contributed by atoms with Gasteiger partial charge in [0.2, 0.25) is 0 Å². The molecule has 0 amide bonds. The van der Waals surface area contributed by atoms with Gasteiger partial charge in [0.15, 0.2) is 0 Å².